The minimum Gasteiger partial charge on any atom is -0.480 e. The van der Waals surface area contributed by atoms with Crippen molar-refractivity contribution in [1.82, 2.24) is 4.90 Å². The first-order chi connectivity index (χ1) is 8.72. The van der Waals surface area contributed by atoms with Crippen molar-refractivity contribution in [2.45, 2.75) is 32.2 Å². The fraction of sp³-hybridized carbons (Fsp3) is 0.533. The standard InChI is InChI=1S/C15H21NO2/c1-2-6-12-9-10-16(11-12)14(15(17)18)13-7-4-3-5-8-13/h3-5,7-8,12,14H,2,6,9-11H2,1H3,(H,17,18). The molecule has 1 saturated heterocycles. The Bertz CT molecular complexity index is 391. The van der Waals surface area contributed by atoms with E-state index in [1.807, 2.05) is 30.3 Å². The van der Waals surface area contributed by atoms with Gasteiger partial charge in [0.2, 0.25) is 0 Å². The van der Waals surface area contributed by atoms with E-state index in [1.54, 1.807) is 0 Å². The lowest BCUT2D eigenvalue weighted by Gasteiger charge is -2.24. The molecule has 1 aromatic rings. The summed E-state index contributed by atoms with van der Waals surface area (Å²) in [6, 6.07) is 9.08. The summed E-state index contributed by atoms with van der Waals surface area (Å²) in [7, 11) is 0. The first kappa shape index (κ1) is 13.1. The summed E-state index contributed by atoms with van der Waals surface area (Å²) in [5.74, 6) is -0.0705. The molecule has 1 N–H and O–H groups in total. The Balaban J connectivity index is 2.11. The van der Waals surface area contributed by atoms with Crippen LogP contribution in [0, 0.1) is 5.92 Å². The van der Waals surface area contributed by atoms with Crippen molar-refractivity contribution < 1.29 is 9.90 Å². The Morgan fingerprint density at radius 1 is 1.44 bits per heavy atom. The SMILES string of the molecule is CCCC1CCN(C(C(=O)O)c2ccccc2)C1. The number of rotatable bonds is 5. The van der Waals surface area contributed by atoms with E-state index < -0.39 is 12.0 Å². The van der Waals surface area contributed by atoms with Gasteiger partial charge in [0.15, 0.2) is 0 Å². The third kappa shape index (κ3) is 2.91. The van der Waals surface area contributed by atoms with Crippen LogP contribution in [-0.4, -0.2) is 29.1 Å². The molecule has 3 nitrogen and oxygen atoms in total. The first-order valence-corrected chi connectivity index (χ1v) is 6.74. The fourth-order valence-electron chi connectivity index (χ4n) is 2.89. The number of nitrogens with zero attached hydrogens (tertiary/aromatic N) is 1. The molecule has 1 heterocycles. The molecule has 2 rings (SSSR count). The van der Waals surface area contributed by atoms with Gasteiger partial charge in [0.1, 0.15) is 6.04 Å². The number of carboxylic acids is 1. The van der Waals surface area contributed by atoms with E-state index in [0.29, 0.717) is 5.92 Å². The average Bonchev–Trinajstić information content (AvgIpc) is 2.79. The number of carbonyl (C=O) groups is 1. The maximum absolute atomic E-state index is 11.5. The Morgan fingerprint density at radius 2 is 2.17 bits per heavy atom. The Labute approximate surface area is 108 Å². The van der Waals surface area contributed by atoms with Crippen molar-refractivity contribution in [1.29, 1.82) is 0 Å². The highest BCUT2D eigenvalue weighted by Crippen LogP contribution is 2.29. The minimum absolute atomic E-state index is 0.479. The highest BCUT2D eigenvalue weighted by atomic mass is 16.4. The largest absolute Gasteiger partial charge is 0.480 e. The molecule has 2 atom stereocenters. The number of hydrogen-bond donors (Lipinski definition) is 1. The van der Waals surface area contributed by atoms with E-state index in [4.69, 9.17) is 0 Å². The summed E-state index contributed by atoms with van der Waals surface area (Å²) in [4.78, 5) is 13.6. The van der Waals surface area contributed by atoms with Gasteiger partial charge in [-0.05, 0) is 30.9 Å². The van der Waals surface area contributed by atoms with E-state index in [9.17, 15) is 9.90 Å². The van der Waals surface area contributed by atoms with E-state index in [2.05, 4.69) is 11.8 Å². The number of carboxylic acid groups (broad SMARTS) is 1. The van der Waals surface area contributed by atoms with E-state index in [1.165, 1.54) is 12.8 Å². The zero-order valence-electron chi connectivity index (χ0n) is 10.9. The van der Waals surface area contributed by atoms with Gasteiger partial charge in [-0.25, -0.2) is 0 Å². The van der Waals surface area contributed by atoms with Crippen molar-refractivity contribution in [3.63, 3.8) is 0 Å². The molecule has 1 aliphatic rings. The van der Waals surface area contributed by atoms with Crippen LogP contribution in [0.25, 0.3) is 0 Å². The van der Waals surface area contributed by atoms with Gasteiger partial charge < -0.3 is 5.11 Å². The molecule has 1 aromatic carbocycles. The molecule has 18 heavy (non-hydrogen) atoms. The molecule has 0 bridgehead atoms. The lowest BCUT2D eigenvalue weighted by Crippen LogP contribution is -2.32. The summed E-state index contributed by atoms with van der Waals surface area (Å²) >= 11 is 0. The van der Waals surface area contributed by atoms with E-state index in [-0.39, 0.29) is 0 Å². The third-order valence-corrected chi connectivity index (χ3v) is 3.73. The van der Waals surface area contributed by atoms with Gasteiger partial charge in [0.05, 0.1) is 0 Å². The summed E-state index contributed by atoms with van der Waals surface area (Å²) in [5, 5.41) is 9.46. The predicted octanol–water partition coefficient (Wildman–Crippen LogP) is 2.93. The average molecular weight is 247 g/mol. The Hall–Kier alpha value is -1.35. The molecule has 0 radical (unpaired) electrons. The van der Waals surface area contributed by atoms with Gasteiger partial charge >= 0.3 is 5.97 Å². The Morgan fingerprint density at radius 3 is 2.78 bits per heavy atom. The van der Waals surface area contributed by atoms with Gasteiger partial charge in [0.25, 0.3) is 0 Å². The maximum Gasteiger partial charge on any atom is 0.325 e. The number of hydrogen-bond acceptors (Lipinski definition) is 2. The maximum atomic E-state index is 11.5. The fourth-order valence-corrected chi connectivity index (χ4v) is 2.89. The third-order valence-electron chi connectivity index (χ3n) is 3.73. The van der Waals surface area contributed by atoms with E-state index >= 15 is 0 Å². The van der Waals surface area contributed by atoms with Crippen LogP contribution >= 0.6 is 0 Å². The molecule has 2 unspecified atom stereocenters. The molecular formula is C15H21NO2. The van der Waals surface area contributed by atoms with Crippen molar-refractivity contribution in [2.24, 2.45) is 5.92 Å². The van der Waals surface area contributed by atoms with Gasteiger partial charge in [-0.3, -0.25) is 9.69 Å². The predicted molar refractivity (Wildman–Crippen MR) is 71.4 cm³/mol. The lowest BCUT2D eigenvalue weighted by atomic mass is 10.0. The molecule has 98 valence electrons. The van der Waals surface area contributed by atoms with Gasteiger partial charge in [-0.2, -0.15) is 0 Å². The topological polar surface area (TPSA) is 40.5 Å². The molecule has 0 spiro atoms. The number of aliphatic carboxylic acids is 1. The Kier molecular flexibility index (Phi) is 4.37. The van der Waals surface area contributed by atoms with Gasteiger partial charge in [0, 0.05) is 6.54 Å². The number of benzene rings is 1. The summed E-state index contributed by atoms with van der Waals surface area (Å²) in [6.45, 7) is 4.00. The summed E-state index contributed by atoms with van der Waals surface area (Å²) in [6.07, 6.45) is 3.52. The zero-order chi connectivity index (χ0) is 13.0. The van der Waals surface area contributed by atoms with Crippen LogP contribution in [0.3, 0.4) is 0 Å². The number of likely N-dealkylation sites (tertiary alicyclic amines) is 1. The van der Waals surface area contributed by atoms with Crippen LogP contribution in [0.2, 0.25) is 0 Å². The molecular weight excluding hydrogens is 226 g/mol. The normalized spacial score (nSPS) is 21.9. The molecule has 0 aromatic heterocycles. The highest BCUT2D eigenvalue weighted by Gasteiger charge is 2.32. The molecule has 1 fully saturated rings. The molecule has 0 amide bonds. The quantitative estimate of drug-likeness (QED) is 0.869. The van der Waals surface area contributed by atoms with Crippen LogP contribution in [0.15, 0.2) is 30.3 Å². The second-order valence-electron chi connectivity index (χ2n) is 5.09. The highest BCUT2D eigenvalue weighted by molar-refractivity contribution is 5.75. The van der Waals surface area contributed by atoms with E-state index in [0.717, 1.165) is 25.1 Å². The second-order valence-corrected chi connectivity index (χ2v) is 5.09. The first-order valence-electron chi connectivity index (χ1n) is 6.74. The van der Waals surface area contributed by atoms with Crippen molar-refractivity contribution in [3.05, 3.63) is 35.9 Å². The van der Waals surface area contributed by atoms with Crippen LogP contribution in [0.1, 0.15) is 37.8 Å². The molecule has 3 heteroatoms. The molecule has 1 aliphatic heterocycles. The van der Waals surface area contributed by atoms with Gasteiger partial charge in [-0.1, -0.05) is 43.7 Å². The van der Waals surface area contributed by atoms with Crippen LogP contribution in [0.5, 0.6) is 0 Å². The monoisotopic (exact) mass is 247 g/mol. The minimum atomic E-state index is -0.738. The zero-order valence-corrected chi connectivity index (χ0v) is 10.9. The van der Waals surface area contributed by atoms with Crippen molar-refractivity contribution >= 4 is 5.97 Å². The smallest absolute Gasteiger partial charge is 0.325 e. The van der Waals surface area contributed by atoms with Crippen LogP contribution in [0.4, 0.5) is 0 Å². The van der Waals surface area contributed by atoms with Gasteiger partial charge in [-0.15, -0.1) is 0 Å². The summed E-state index contributed by atoms with van der Waals surface area (Å²) in [5.41, 5.74) is 0.891. The molecule has 0 aliphatic carbocycles. The van der Waals surface area contributed by atoms with Crippen molar-refractivity contribution in [3.8, 4) is 0 Å². The van der Waals surface area contributed by atoms with Crippen LogP contribution in [-0.2, 0) is 4.79 Å². The second kappa shape index (κ2) is 6.01. The van der Waals surface area contributed by atoms with Crippen LogP contribution < -0.4 is 0 Å². The lowest BCUT2D eigenvalue weighted by molar-refractivity contribution is -0.143. The summed E-state index contributed by atoms with van der Waals surface area (Å²) < 4.78 is 0. The van der Waals surface area contributed by atoms with Crippen molar-refractivity contribution in [2.75, 3.05) is 13.1 Å². The molecule has 0 saturated carbocycles.